The number of benzene rings is 2. The van der Waals surface area contributed by atoms with Crippen molar-refractivity contribution in [3.05, 3.63) is 59.7 Å². The van der Waals surface area contributed by atoms with Crippen molar-refractivity contribution in [2.75, 3.05) is 29.9 Å². The topological polar surface area (TPSA) is 52.7 Å². The van der Waals surface area contributed by atoms with E-state index in [2.05, 4.69) is 40.5 Å². The van der Waals surface area contributed by atoms with Crippen LogP contribution in [0.3, 0.4) is 0 Å². The highest BCUT2D eigenvalue weighted by Gasteiger charge is 2.27. The van der Waals surface area contributed by atoms with Gasteiger partial charge in [0.25, 0.3) is 0 Å². The van der Waals surface area contributed by atoms with Crippen LogP contribution in [0.1, 0.15) is 30.9 Å². The first-order valence-corrected chi connectivity index (χ1v) is 10.1. The van der Waals surface area contributed by atoms with E-state index in [-0.39, 0.29) is 17.7 Å². The number of nitrogens with one attached hydrogen (secondary N) is 1. The summed E-state index contributed by atoms with van der Waals surface area (Å²) in [4.78, 5) is 28.5. The molecule has 28 heavy (non-hydrogen) atoms. The van der Waals surface area contributed by atoms with E-state index in [1.54, 1.807) is 6.92 Å². The number of piperidine rings is 1. The molecule has 5 heteroatoms. The third-order valence-electron chi connectivity index (χ3n) is 5.94. The molecule has 0 atom stereocenters. The Hall–Kier alpha value is -2.82. The predicted molar refractivity (Wildman–Crippen MR) is 111 cm³/mol. The van der Waals surface area contributed by atoms with Crippen molar-refractivity contribution < 1.29 is 9.59 Å². The minimum Gasteiger partial charge on any atom is -0.365 e. The molecule has 0 bridgehead atoms. The molecule has 2 aliphatic rings. The first-order valence-electron chi connectivity index (χ1n) is 10.1. The SMILES string of the molecule is CC(=O)N1CCC(C(=O)Nc2ccccc2N2CCc3ccccc3C2)CC1. The van der Waals surface area contributed by atoms with Gasteiger partial charge in [-0.2, -0.15) is 0 Å². The highest BCUT2D eigenvalue weighted by Crippen LogP contribution is 2.31. The van der Waals surface area contributed by atoms with Crippen molar-refractivity contribution >= 4 is 23.2 Å². The van der Waals surface area contributed by atoms with Gasteiger partial charge in [-0.3, -0.25) is 9.59 Å². The van der Waals surface area contributed by atoms with Gasteiger partial charge in [-0.1, -0.05) is 36.4 Å². The summed E-state index contributed by atoms with van der Waals surface area (Å²) in [5.74, 6) is 0.119. The summed E-state index contributed by atoms with van der Waals surface area (Å²) in [6.07, 6.45) is 2.47. The molecule has 0 spiro atoms. The van der Waals surface area contributed by atoms with Crippen LogP contribution in [-0.4, -0.2) is 36.3 Å². The fourth-order valence-electron chi connectivity index (χ4n) is 4.25. The number of hydrogen-bond acceptors (Lipinski definition) is 3. The Balaban J connectivity index is 1.45. The van der Waals surface area contributed by atoms with Gasteiger partial charge in [0.15, 0.2) is 0 Å². The Morgan fingerprint density at radius 3 is 2.36 bits per heavy atom. The summed E-state index contributed by atoms with van der Waals surface area (Å²) in [5.41, 5.74) is 4.72. The molecule has 0 aromatic heterocycles. The van der Waals surface area contributed by atoms with Crippen LogP contribution in [0.15, 0.2) is 48.5 Å². The maximum atomic E-state index is 12.8. The van der Waals surface area contributed by atoms with Crippen molar-refractivity contribution in [2.45, 2.75) is 32.7 Å². The normalized spacial score (nSPS) is 17.2. The number of rotatable bonds is 3. The van der Waals surface area contributed by atoms with Gasteiger partial charge < -0.3 is 15.1 Å². The van der Waals surface area contributed by atoms with E-state index in [0.29, 0.717) is 13.1 Å². The van der Waals surface area contributed by atoms with Crippen molar-refractivity contribution in [1.82, 2.24) is 4.90 Å². The molecule has 2 amide bonds. The Labute approximate surface area is 166 Å². The van der Waals surface area contributed by atoms with E-state index < -0.39 is 0 Å². The average Bonchev–Trinajstić information content (AvgIpc) is 2.74. The summed E-state index contributed by atoms with van der Waals surface area (Å²) in [5, 5.41) is 3.16. The zero-order valence-electron chi connectivity index (χ0n) is 16.4. The third kappa shape index (κ3) is 3.88. The Morgan fingerprint density at radius 1 is 0.929 bits per heavy atom. The molecular weight excluding hydrogens is 350 g/mol. The second kappa shape index (κ2) is 8.05. The number of para-hydroxylation sites is 2. The van der Waals surface area contributed by atoms with E-state index in [0.717, 1.165) is 43.7 Å². The van der Waals surface area contributed by atoms with Crippen LogP contribution in [0, 0.1) is 5.92 Å². The predicted octanol–water partition coefficient (Wildman–Crippen LogP) is 3.45. The maximum Gasteiger partial charge on any atom is 0.227 e. The molecule has 1 fully saturated rings. The average molecular weight is 377 g/mol. The minimum absolute atomic E-state index is 0.0364. The van der Waals surface area contributed by atoms with Crippen LogP contribution >= 0.6 is 0 Å². The molecule has 0 saturated carbocycles. The van der Waals surface area contributed by atoms with Gasteiger partial charge in [0.1, 0.15) is 0 Å². The zero-order chi connectivity index (χ0) is 19.5. The second-order valence-corrected chi connectivity index (χ2v) is 7.73. The zero-order valence-corrected chi connectivity index (χ0v) is 16.4. The number of likely N-dealkylation sites (tertiary alicyclic amines) is 1. The van der Waals surface area contributed by atoms with Crippen molar-refractivity contribution in [2.24, 2.45) is 5.92 Å². The molecule has 0 radical (unpaired) electrons. The third-order valence-corrected chi connectivity index (χ3v) is 5.94. The molecular formula is C23H27N3O2. The summed E-state index contributed by atoms with van der Waals surface area (Å²) in [7, 11) is 0. The minimum atomic E-state index is -0.0364. The molecule has 0 aliphatic carbocycles. The molecule has 1 N–H and O–H groups in total. The van der Waals surface area contributed by atoms with Crippen molar-refractivity contribution in [1.29, 1.82) is 0 Å². The van der Waals surface area contributed by atoms with Crippen LogP contribution in [0.5, 0.6) is 0 Å². The van der Waals surface area contributed by atoms with E-state index in [1.807, 2.05) is 23.1 Å². The van der Waals surface area contributed by atoms with Gasteiger partial charge in [0, 0.05) is 39.0 Å². The largest absolute Gasteiger partial charge is 0.365 e. The van der Waals surface area contributed by atoms with E-state index in [9.17, 15) is 9.59 Å². The fourth-order valence-corrected chi connectivity index (χ4v) is 4.25. The Morgan fingerprint density at radius 2 is 1.61 bits per heavy atom. The quantitative estimate of drug-likeness (QED) is 0.891. The number of carbonyl (C=O) groups excluding carboxylic acids is 2. The van der Waals surface area contributed by atoms with Gasteiger partial charge >= 0.3 is 0 Å². The Kier molecular flexibility index (Phi) is 5.33. The molecule has 4 rings (SSSR count). The molecule has 5 nitrogen and oxygen atoms in total. The van der Waals surface area contributed by atoms with E-state index in [1.165, 1.54) is 11.1 Å². The molecule has 2 aliphatic heterocycles. The summed E-state index contributed by atoms with van der Waals surface area (Å²) in [6.45, 7) is 4.73. The molecule has 2 heterocycles. The van der Waals surface area contributed by atoms with Gasteiger partial charge in [-0.15, -0.1) is 0 Å². The number of fused-ring (bicyclic) bond motifs is 1. The molecule has 146 valence electrons. The van der Waals surface area contributed by atoms with Gasteiger partial charge in [-0.05, 0) is 42.5 Å². The van der Waals surface area contributed by atoms with Crippen LogP contribution in [-0.2, 0) is 22.6 Å². The maximum absolute atomic E-state index is 12.8. The fraction of sp³-hybridized carbons (Fsp3) is 0.391. The van der Waals surface area contributed by atoms with Crippen molar-refractivity contribution in [3.63, 3.8) is 0 Å². The van der Waals surface area contributed by atoms with Crippen LogP contribution in [0.25, 0.3) is 0 Å². The highest BCUT2D eigenvalue weighted by atomic mass is 16.2. The lowest BCUT2D eigenvalue weighted by Gasteiger charge is -2.33. The molecule has 0 unspecified atom stereocenters. The smallest absolute Gasteiger partial charge is 0.227 e. The molecule has 1 saturated heterocycles. The van der Waals surface area contributed by atoms with Gasteiger partial charge in [-0.25, -0.2) is 0 Å². The summed E-state index contributed by atoms with van der Waals surface area (Å²) in [6, 6.07) is 16.6. The second-order valence-electron chi connectivity index (χ2n) is 7.73. The number of hydrogen-bond donors (Lipinski definition) is 1. The van der Waals surface area contributed by atoms with E-state index >= 15 is 0 Å². The summed E-state index contributed by atoms with van der Waals surface area (Å²) < 4.78 is 0. The number of nitrogens with zero attached hydrogens (tertiary/aromatic N) is 2. The highest BCUT2D eigenvalue weighted by molar-refractivity contribution is 5.96. The van der Waals surface area contributed by atoms with Crippen LogP contribution in [0.4, 0.5) is 11.4 Å². The number of anilines is 2. The monoisotopic (exact) mass is 377 g/mol. The number of carbonyl (C=O) groups is 2. The lowest BCUT2D eigenvalue weighted by atomic mass is 9.95. The van der Waals surface area contributed by atoms with E-state index in [4.69, 9.17) is 0 Å². The van der Waals surface area contributed by atoms with Gasteiger partial charge in [0.05, 0.1) is 11.4 Å². The Bertz CT molecular complexity index is 872. The molecule has 2 aromatic rings. The first kappa shape index (κ1) is 18.5. The lowest BCUT2D eigenvalue weighted by Crippen LogP contribution is -2.40. The standard InChI is InChI=1S/C23H27N3O2/c1-17(27)25-13-11-19(12-14-25)23(28)24-21-8-4-5-9-22(21)26-15-10-18-6-2-3-7-20(18)16-26/h2-9,19H,10-16H2,1H3,(H,24,28). The van der Waals surface area contributed by atoms with Crippen molar-refractivity contribution in [3.8, 4) is 0 Å². The summed E-state index contributed by atoms with van der Waals surface area (Å²) >= 11 is 0. The van der Waals surface area contributed by atoms with Crippen LogP contribution < -0.4 is 10.2 Å². The molecule has 2 aromatic carbocycles. The van der Waals surface area contributed by atoms with Crippen LogP contribution in [0.2, 0.25) is 0 Å². The first-order chi connectivity index (χ1) is 13.6. The lowest BCUT2D eigenvalue weighted by molar-refractivity contribution is -0.132. The van der Waals surface area contributed by atoms with Gasteiger partial charge in [0.2, 0.25) is 11.8 Å². The number of amides is 2.